The molecule has 2 aliphatic heterocycles. The second-order valence-corrected chi connectivity index (χ2v) is 4.79. The van der Waals surface area contributed by atoms with Crippen LogP contribution in [0.15, 0.2) is 30.3 Å². The molecule has 92 valence electrons. The van der Waals surface area contributed by atoms with Crippen LogP contribution < -0.4 is 0 Å². The van der Waals surface area contributed by atoms with Gasteiger partial charge in [0, 0.05) is 6.42 Å². The van der Waals surface area contributed by atoms with Gasteiger partial charge in [0.1, 0.15) is 17.8 Å². The lowest BCUT2D eigenvalue weighted by Crippen LogP contribution is -2.44. The molecule has 0 saturated carbocycles. The van der Waals surface area contributed by atoms with E-state index in [0.717, 1.165) is 5.56 Å². The van der Waals surface area contributed by atoms with Gasteiger partial charge in [0.15, 0.2) is 0 Å². The molecular formula is C13H16O4. The smallest absolute Gasteiger partial charge is 0.143 e. The van der Waals surface area contributed by atoms with E-state index in [-0.39, 0.29) is 25.4 Å². The first-order valence-electron chi connectivity index (χ1n) is 5.87. The van der Waals surface area contributed by atoms with Crippen LogP contribution in [0.3, 0.4) is 0 Å². The highest BCUT2D eigenvalue weighted by atomic mass is 16.6. The highest BCUT2D eigenvalue weighted by Crippen LogP contribution is 2.40. The van der Waals surface area contributed by atoms with Gasteiger partial charge in [-0.15, -0.1) is 0 Å². The molecule has 2 saturated heterocycles. The Morgan fingerprint density at radius 3 is 2.71 bits per heavy atom. The van der Waals surface area contributed by atoms with Crippen molar-refractivity contribution in [2.75, 3.05) is 13.2 Å². The third-order valence-electron chi connectivity index (χ3n) is 3.67. The van der Waals surface area contributed by atoms with E-state index in [1.165, 1.54) is 0 Å². The lowest BCUT2D eigenvalue weighted by atomic mass is 9.98. The van der Waals surface area contributed by atoms with E-state index in [2.05, 4.69) is 0 Å². The maximum absolute atomic E-state index is 10.0. The van der Waals surface area contributed by atoms with Gasteiger partial charge >= 0.3 is 0 Å². The highest BCUT2D eigenvalue weighted by Gasteiger charge is 2.60. The summed E-state index contributed by atoms with van der Waals surface area (Å²) in [6.45, 7) is 0.0799. The van der Waals surface area contributed by atoms with E-state index in [0.29, 0.717) is 6.42 Å². The maximum atomic E-state index is 10.0. The van der Waals surface area contributed by atoms with Gasteiger partial charge in [0.05, 0.1) is 19.3 Å². The molecule has 0 radical (unpaired) electrons. The fourth-order valence-electron chi connectivity index (χ4n) is 2.68. The number of ether oxygens (including phenoxy) is 2. The monoisotopic (exact) mass is 236 g/mol. The first-order valence-corrected chi connectivity index (χ1v) is 5.87. The van der Waals surface area contributed by atoms with Crippen LogP contribution in [0.4, 0.5) is 0 Å². The Kier molecular flexibility index (Phi) is 2.67. The normalized spacial score (nSPS) is 39.8. The van der Waals surface area contributed by atoms with E-state index in [4.69, 9.17) is 9.47 Å². The molecule has 0 aromatic heterocycles. The van der Waals surface area contributed by atoms with Crippen LogP contribution in [0.25, 0.3) is 0 Å². The van der Waals surface area contributed by atoms with Crippen molar-refractivity contribution in [2.45, 2.75) is 30.3 Å². The summed E-state index contributed by atoms with van der Waals surface area (Å²) >= 11 is 0. The molecule has 4 atom stereocenters. The minimum absolute atomic E-state index is 0.173. The van der Waals surface area contributed by atoms with Crippen LogP contribution in [0.2, 0.25) is 0 Å². The van der Waals surface area contributed by atoms with E-state index in [1.54, 1.807) is 0 Å². The average Bonchev–Trinajstić information content (AvgIpc) is 2.82. The van der Waals surface area contributed by atoms with Crippen molar-refractivity contribution in [1.82, 2.24) is 0 Å². The number of hydrogen-bond donors (Lipinski definition) is 2. The molecule has 4 nitrogen and oxygen atoms in total. The summed E-state index contributed by atoms with van der Waals surface area (Å²) in [6, 6.07) is 9.95. The Morgan fingerprint density at radius 2 is 2.06 bits per heavy atom. The quantitative estimate of drug-likeness (QED) is 0.782. The predicted molar refractivity (Wildman–Crippen MR) is 60.6 cm³/mol. The van der Waals surface area contributed by atoms with Gasteiger partial charge in [0.2, 0.25) is 0 Å². The molecule has 2 aliphatic rings. The van der Waals surface area contributed by atoms with Crippen molar-refractivity contribution < 1.29 is 19.7 Å². The minimum Gasteiger partial charge on any atom is -0.393 e. The number of fused-ring (bicyclic) bond motifs is 2. The van der Waals surface area contributed by atoms with Crippen LogP contribution in [-0.4, -0.2) is 47.3 Å². The summed E-state index contributed by atoms with van der Waals surface area (Å²) in [6.07, 6.45) is -0.513. The largest absolute Gasteiger partial charge is 0.393 e. The summed E-state index contributed by atoms with van der Waals surface area (Å²) in [5, 5.41) is 19.4. The zero-order chi connectivity index (χ0) is 11.9. The molecule has 0 spiro atoms. The molecule has 0 aliphatic carbocycles. The van der Waals surface area contributed by atoms with Gasteiger partial charge in [-0.1, -0.05) is 30.3 Å². The summed E-state index contributed by atoms with van der Waals surface area (Å²) in [5.41, 5.74) is 0.248. The average molecular weight is 236 g/mol. The second kappa shape index (κ2) is 4.07. The van der Waals surface area contributed by atoms with Gasteiger partial charge in [-0.3, -0.25) is 0 Å². The Hall–Kier alpha value is -0.940. The van der Waals surface area contributed by atoms with E-state index in [1.807, 2.05) is 30.3 Å². The van der Waals surface area contributed by atoms with Gasteiger partial charge in [-0.2, -0.15) is 0 Å². The Morgan fingerprint density at radius 1 is 1.29 bits per heavy atom. The van der Waals surface area contributed by atoms with Crippen molar-refractivity contribution in [1.29, 1.82) is 0 Å². The zero-order valence-corrected chi connectivity index (χ0v) is 9.45. The third-order valence-corrected chi connectivity index (χ3v) is 3.67. The van der Waals surface area contributed by atoms with Gasteiger partial charge in [-0.05, 0) is 5.56 Å². The third kappa shape index (κ3) is 1.68. The molecule has 2 fully saturated rings. The van der Waals surface area contributed by atoms with E-state index < -0.39 is 11.7 Å². The number of aliphatic hydroxyl groups is 2. The van der Waals surface area contributed by atoms with Crippen molar-refractivity contribution in [3.63, 3.8) is 0 Å². The van der Waals surface area contributed by atoms with Crippen molar-refractivity contribution in [3.8, 4) is 0 Å². The standard InChI is InChI=1S/C13H16O4/c14-7-13-8-16-11(12(13)15)10(17-13)6-9-4-2-1-3-5-9/h1-5,10-12,14-15H,6-8H2/t10-,11+,12?,13-/m0/s1. The molecule has 1 unspecified atom stereocenters. The number of aliphatic hydroxyl groups excluding tert-OH is 2. The molecule has 2 N–H and O–H groups in total. The van der Waals surface area contributed by atoms with Gasteiger partial charge in [-0.25, -0.2) is 0 Å². The molecule has 2 heterocycles. The van der Waals surface area contributed by atoms with Gasteiger partial charge < -0.3 is 19.7 Å². The summed E-state index contributed by atoms with van der Waals surface area (Å²) < 4.78 is 11.3. The van der Waals surface area contributed by atoms with Gasteiger partial charge in [0.25, 0.3) is 0 Å². The van der Waals surface area contributed by atoms with Crippen molar-refractivity contribution >= 4 is 0 Å². The van der Waals surface area contributed by atoms with Crippen LogP contribution in [-0.2, 0) is 15.9 Å². The molecule has 2 bridgehead atoms. The molecule has 0 amide bonds. The van der Waals surface area contributed by atoms with Crippen LogP contribution >= 0.6 is 0 Å². The summed E-state index contributed by atoms with van der Waals surface area (Å²) in [7, 11) is 0. The molecule has 1 aromatic carbocycles. The maximum Gasteiger partial charge on any atom is 0.143 e. The Balaban J connectivity index is 1.75. The lowest BCUT2D eigenvalue weighted by molar-refractivity contribution is -0.160. The fraction of sp³-hybridized carbons (Fsp3) is 0.538. The van der Waals surface area contributed by atoms with E-state index >= 15 is 0 Å². The predicted octanol–water partition coefficient (Wildman–Crippen LogP) is 0.119. The second-order valence-electron chi connectivity index (χ2n) is 4.79. The van der Waals surface area contributed by atoms with E-state index in [9.17, 15) is 10.2 Å². The number of benzene rings is 1. The summed E-state index contributed by atoms with van der Waals surface area (Å²) in [5.74, 6) is 0. The first kappa shape index (κ1) is 11.2. The highest BCUT2D eigenvalue weighted by molar-refractivity contribution is 5.18. The molecule has 1 aromatic rings. The number of rotatable bonds is 3. The molecular weight excluding hydrogens is 220 g/mol. The minimum atomic E-state index is -0.899. The fourth-order valence-corrected chi connectivity index (χ4v) is 2.68. The Bertz CT molecular complexity index is 394. The van der Waals surface area contributed by atoms with Crippen LogP contribution in [0.1, 0.15) is 5.56 Å². The lowest BCUT2D eigenvalue weighted by Gasteiger charge is -2.28. The van der Waals surface area contributed by atoms with Crippen molar-refractivity contribution in [2.24, 2.45) is 0 Å². The van der Waals surface area contributed by atoms with Crippen LogP contribution in [0, 0.1) is 0 Å². The van der Waals surface area contributed by atoms with Crippen LogP contribution in [0.5, 0.6) is 0 Å². The SMILES string of the molecule is OC[C@]12CO[C@@H](C1O)[C@H](Cc1ccccc1)O2. The molecule has 17 heavy (non-hydrogen) atoms. The summed E-state index contributed by atoms with van der Waals surface area (Å²) in [4.78, 5) is 0. The van der Waals surface area contributed by atoms with Crippen molar-refractivity contribution in [3.05, 3.63) is 35.9 Å². The zero-order valence-electron chi connectivity index (χ0n) is 9.45. The molecule has 3 rings (SSSR count). The number of hydrogen-bond acceptors (Lipinski definition) is 4. The Labute approximate surface area is 99.8 Å². The topological polar surface area (TPSA) is 58.9 Å². The first-order chi connectivity index (χ1) is 8.25. The molecule has 4 heteroatoms.